The molecule has 154 valence electrons. The minimum atomic E-state index is -0.104. The van der Waals surface area contributed by atoms with E-state index in [0.29, 0.717) is 5.02 Å². The minimum absolute atomic E-state index is 0.104. The summed E-state index contributed by atoms with van der Waals surface area (Å²) in [6.07, 6.45) is 0.237. The van der Waals surface area contributed by atoms with Gasteiger partial charge in [-0.05, 0) is 42.9 Å². The van der Waals surface area contributed by atoms with Gasteiger partial charge in [-0.15, -0.1) is 10.2 Å². The Hall–Kier alpha value is -2.96. The summed E-state index contributed by atoms with van der Waals surface area (Å²) in [6.45, 7) is 4.00. The van der Waals surface area contributed by atoms with Crippen LogP contribution in [0.5, 0.6) is 0 Å². The van der Waals surface area contributed by atoms with Gasteiger partial charge in [0, 0.05) is 42.5 Å². The van der Waals surface area contributed by atoms with Crippen LogP contribution in [0, 0.1) is 0 Å². The number of anilines is 2. The molecule has 1 fully saturated rings. The molecule has 0 unspecified atom stereocenters. The average Bonchev–Trinajstić information content (AvgIpc) is 2.77. The van der Waals surface area contributed by atoms with Crippen molar-refractivity contribution in [2.24, 2.45) is 0 Å². The standard InChI is InChI=1S/C23H24ClN5O/c1-28-12-14-29(15-13-28)22-11-10-21(26-27-22)17-6-8-19(9-7-17)25-23(30)16-18-4-2-3-5-20(18)24/h2-11H,12-16H2,1H3,(H,25,30). The van der Waals surface area contributed by atoms with Gasteiger partial charge in [0.05, 0.1) is 12.1 Å². The summed E-state index contributed by atoms with van der Waals surface area (Å²) in [6, 6.07) is 19.0. The highest BCUT2D eigenvalue weighted by molar-refractivity contribution is 6.31. The lowest BCUT2D eigenvalue weighted by molar-refractivity contribution is -0.115. The quantitative estimate of drug-likeness (QED) is 0.680. The van der Waals surface area contributed by atoms with E-state index in [4.69, 9.17) is 11.6 Å². The van der Waals surface area contributed by atoms with E-state index < -0.39 is 0 Å². The summed E-state index contributed by atoms with van der Waals surface area (Å²) in [5, 5.41) is 12.3. The average molecular weight is 422 g/mol. The number of hydrogen-bond donors (Lipinski definition) is 1. The third-order valence-electron chi connectivity index (χ3n) is 5.25. The van der Waals surface area contributed by atoms with Crippen LogP contribution >= 0.6 is 11.6 Å². The largest absolute Gasteiger partial charge is 0.353 e. The van der Waals surface area contributed by atoms with Gasteiger partial charge in [-0.2, -0.15) is 0 Å². The number of amides is 1. The molecule has 1 N–H and O–H groups in total. The van der Waals surface area contributed by atoms with Gasteiger partial charge in [-0.1, -0.05) is 41.9 Å². The number of piperazine rings is 1. The molecule has 4 rings (SSSR count). The van der Waals surface area contributed by atoms with E-state index in [2.05, 4.69) is 32.4 Å². The van der Waals surface area contributed by atoms with Crippen LogP contribution in [-0.4, -0.2) is 54.2 Å². The first-order valence-electron chi connectivity index (χ1n) is 9.99. The van der Waals surface area contributed by atoms with Crippen LogP contribution in [-0.2, 0) is 11.2 Å². The van der Waals surface area contributed by atoms with Crippen molar-refractivity contribution in [1.82, 2.24) is 15.1 Å². The molecule has 2 aromatic carbocycles. The summed E-state index contributed by atoms with van der Waals surface area (Å²) >= 11 is 6.13. The van der Waals surface area contributed by atoms with E-state index >= 15 is 0 Å². The van der Waals surface area contributed by atoms with Crippen molar-refractivity contribution >= 4 is 29.0 Å². The van der Waals surface area contributed by atoms with Crippen molar-refractivity contribution in [3.8, 4) is 11.3 Å². The van der Waals surface area contributed by atoms with Crippen LogP contribution in [0.2, 0.25) is 5.02 Å². The summed E-state index contributed by atoms with van der Waals surface area (Å²) in [7, 11) is 2.13. The lowest BCUT2D eigenvalue weighted by atomic mass is 10.1. The number of carbonyl (C=O) groups is 1. The molecule has 7 heteroatoms. The highest BCUT2D eigenvalue weighted by atomic mass is 35.5. The summed E-state index contributed by atoms with van der Waals surface area (Å²) in [5.74, 6) is 0.808. The van der Waals surface area contributed by atoms with Gasteiger partial charge in [0.25, 0.3) is 0 Å². The van der Waals surface area contributed by atoms with E-state index in [1.807, 2.05) is 54.6 Å². The van der Waals surface area contributed by atoms with Gasteiger partial charge < -0.3 is 15.1 Å². The molecule has 3 aromatic rings. The fourth-order valence-electron chi connectivity index (χ4n) is 3.43. The molecule has 1 saturated heterocycles. The molecule has 0 radical (unpaired) electrons. The topological polar surface area (TPSA) is 61.4 Å². The zero-order chi connectivity index (χ0) is 20.9. The van der Waals surface area contributed by atoms with Crippen LogP contribution < -0.4 is 10.2 Å². The van der Waals surface area contributed by atoms with Crippen LogP contribution in [0.15, 0.2) is 60.7 Å². The Morgan fingerprint density at radius 2 is 1.70 bits per heavy atom. The molecule has 1 amide bonds. The van der Waals surface area contributed by atoms with Crippen LogP contribution in [0.4, 0.5) is 11.5 Å². The number of nitrogens with zero attached hydrogens (tertiary/aromatic N) is 4. The molecule has 0 saturated carbocycles. The molecule has 0 bridgehead atoms. The number of rotatable bonds is 5. The lowest BCUT2D eigenvalue weighted by Crippen LogP contribution is -2.44. The smallest absolute Gasteiger partial charge is 0.228 e. The van der Waals surface area contributed by atoms with Crippen molar-refractivity contribution in [2.75, 3.05) is 43.4 Å². The molecule has 30 heavy (non-hydrogen) atoms. The van der Waals surface area contributed by atoms with Crippen molar-refractivity contribution in [2.45, 2.75) is 6.42 Å². The van der Waals surface area contributed by atoms with Gasteiger partial charge in [0.1, 0.15) is 0 Å². The molecular formula is C23H24ClN5O. The maximum absolute atomic E-state index is 12.3. The van der Waals surface area contributed by atoms with Crippen LogP contribution in [0.1, 0.15) is 5.56 Å². The van der Waals surface area contributed by atoms with E-state index in [-0.39, 0.29) is 12.3 Å². The van der Waals surface area contributed by atoms with E-state index in [9.17, 15) is 4.79 Å². The lowest BCUT2D eigenvalue weighted by Gasteiger charge is -2.32. The maximum atomic E-state index is 12.3. The van der Waals surface area contributed by atoms with Crippen molar-refractivity contribution in [1.29, 1.82) is 0 Å². The number of carbonyl (C=O) groups excluding carboxylic acids is 1. The number of likely N-dealkylation sites (N-methyl/N-ethyl adjacent to an activating group) is 1. The second-order valence-electron chi connectivity index (χ2n) is 7.46. The summed E-state index contributed by atoms with van der Waals surface area (Å²) in [4.78, 5) is 16.9. The predicted octanol–water partition coefficient (Wildman–Crippen LogP) is 3.73. The second kappa shape index (κ2) is 9.24. The Morgan fingerprint density at radius 3 is 2.37 bits per heavy atom. The van der Waals surface area contributed by atoms with Crippen molar-refractivity contribution in [3.63, 3.8) is 0 Å². The molecule has 0 aliphatic carbocycles. The van der Waals surface area contributed by atoms with Gasteiger partial charge in [-0.25, -0.2) is 0 Å². The number of benzene rings is 2. The van der Waals surface area contributed by atoms with Crippen LogP contribution in [0.3, 0.4) is 0 Å². The number of halogens is 1. The zero-order valence-electron chi connectivity index (χ0n) is 16.9. The normalized spacial score (nSPS) is 14.5. The SMILES string of the molecule is CN1CCN(c2ccc(-c3ccc(NC(=O)Cc4ccccc4Cl)cc3)nn2)CC1. The zero-order valence-corrected chi connectivity index (χ0v) is 17.6. The monoisotopic (exact) mass is 421 g/mol. The molecule has 1 aliphatic rings. The van der Waals surface area contributed by atoms with Gasteiger partial charge >= 0.3 is 0 Å². The third kappa shape index (κ3) is 4.96. The molecule has 0 spiro atoms. The first-order chi connectivity index (χ1) is 14.6. The van der Waals surface area contributed by atoms with Crippen molar-refractivity contribution in [3.05, 3.63) is 71.2 Å². The number of nitrogens with one attached hydrogen (secondary N) is 1. The number of aromatic nitrogens is 2. The Morgan fingerprint density at radius 1 is 0.967 bits per heavy atom. The van der Waals surface area contributed by atoms with Gasteiger partial charge in [0.15, 0.2) is 5.82 Å². The van der Waals surface area contributed by atoms with E-state index in [0.717, 1.165) is 54.5 Å². The second-order valence-corrected chi connectivity index (χ2v) is 7.87. The summed E-state index contributed by atoms with van der Waals surface area (Å²) in [5.41, 5.74) is 3.31. The molecule has 6 nitrogen and oxygen atoms in total. The highest BCUT2D eigenvalue weighted by Crippen LogP contribution is 2.22. The Labute approximate surface area is 181 Å². The van der Waals surface area contributed by atoms with Gasteiger partial charge in [0.2, 0.25) is 5.91 Å². The molecule has 1 aliphatic heterocycles. The Bertz CT molecular complexity index is 999. The first-order valence-corrected chi connectivity index (χ1v) is 10.4. The van der Waals surface area contributed by atoms with Gasteiger partial charge in [-0.3, -0.25) is 4.79 Å². The fourth-order valence-corrected chi connectivity index (χ4v) is 3.63. The van der Waals surface area contributed by atoms with Crippen molar-refractivity contribution < 1.29 is 4.79 Å². The molecular weight excluding hydrogens is 398 g/mol. The fraction of sp³-hybridized carbons (Fsp3) is 0.261. The van der Waals surface area contributed by atoms with E-state index in [1.54, 1.807) is 6.07 Å². The maximum Gasteiger partial charge on any atom is 0.228 e. The minimum Gasteiger partial charge on any atom is -0.353 e. The molecule has 1 aromatic heterocycles. The molecule has 2 heterocycles. The molecule has 0 atom stereocenters. The Kier molecular flexibility index (Phi) is 6.26. The summed E-state index contributed by atoms with van der Waals surface area (Å²) < 4.78 is 0. The van der Waals surface area contributed by atoms with Crippen LogP contribution in [0.25, 0.3) is 11.3 Å². The Balaban J connectivity index is 1.37. The number of hydrogen-bond acceptors (Lipinski definition) is 5. The van der Waals surface area contributed by atoms with E-state index in [1.165, 1.54) is 0 Å². The highest BCUT2D eigenvalue weighted by Gasteiger charge is 2.15. The first kappa shape index (κ1) is 20.3. The predicted molar refractivity (Wildman–Crippen MR) is 121 cm³/mol. The third-order valence-corrected chi connectivity index (χ3v) is 5.62.